The van der Waals surface area contributed by atoms with Crippen LogP contribution in [-0.4, -0.2) is 53.2 Å². The summed E-state index contributed by atoms with van der Waals surface area (Å²) >= 11 is 0. The highest BCUT2D eigenvalue weighted by molar-refractivity contribution is 7.88. The van der Waals surface area contributed by atoms with Crippen molar-refractivity contribution in [3.8, 4) is 11.3 Å². The van der Waals surface area contributed by atoms with Crippen LogP contribution in [0, 0.1) is 0 Å². The van der Waals surface area contributed by atoms with E-state index in [2.05, 4.69) is 10.3 Å². The molecule has 8 heteroatoms. The van der Waals surface area contributed by atoms with E-state index in [1.54, 1.807) is 0 Å². The molecule has 1 aromatic carbocycles. The maximum atomic E-state index is 11.7. The molecule has 3 heterocycles. The number of hydrogen-bond donors (Lipinski definition) is 0. The molecule has 4 rings (SSSR count). The van der Waals surface area contributed by atoms with Crippen LogP contribution in [0.5, 0.6) is 0 Å². The Bertz CT molecular complexity index is 803. The van der Waals surface area contributed by atoms with E-state index >= 15 is 0 Å². The van der Waals surface area contributed by atoms with Crippen molar-refractivity contribution in [1.29, 1.82) is 0 Å². The van der Waals surface area contributed by atoms with Gasteiger partial charge in [0, 0.05) is 18.7 Å². The molecule has 1 fully saturated rings. The zero-order valence-electron chi connectivity index (χ0n) is 12.1. The highest BCUT2D eigenvalue weighted by Crippen LogP contribution is 2.34. The zero-order chi connectivity index (χ0) is 15.3. The van der Waals surface area contributed by atoms with E-state index in [0.717, 1.165) is 17.0 Å². The van der Waals surface area contributed by atoms with Gasteiger partial charge in [-0.25, -0.2) is 13.1 Å². The molecule has 1 saturated heterocycles. The largest absolute Gasteiger partial charge is 0.368 e. The maximum absolute atomic E-state index is 11.7. The second-order valence-electron chi connectivity index (χ2n) is 5.69. The van der Waals surface area contributed by atoms with Crippen LogP contribution in [0.4, 0.5) is 0 Å². The summed E-state index contributed by atoms with van der Waals surface area (Å²) in [4.78, 5) is 0. The molecule has 116 valence electrons. The fourth-order valence-corrected chi connectivity index (χ4v) is 3.95. The van der Waals surface area contributed by atoms with Crippen LogP contribution in [0.1, 0.15) is 11.7 Å². The van der Waals surface area contributed by atoms with Gasteiger partial charge in [0.2, 0.25) is 10.0 Å². The van der Waals surface area contributed by atoms with Gasteiger partial charge in [-0.05, 0) is 0 Å². The zero-order valence-corrected chi connectivity index (χ0v) is 12.9. The fourth-order valence-electron chi connectivity index (χ4n) is 3.11. The first-order chi connectivity index (χ1) is 10.5. The number of nitrogens with zero attached hydrogens (tertiary/aromatic N) is 4. The minimum atomic E-state index is -3.22. The van der Waals surface area contributed by atoms with Crippen molar-refractivity contribution in [2.75, 3.05) is 19.3 Å². The minimum absolute atomic E-state index is 0.108. The van der Waals surface area contributed by atoms with Gasteiger partial charge in [0.05, 0.1) is 30.7 Å². The third kappa shape index (κ3) is 2.15. The molecule has 2 aliphatic rings. The topological polar surface area (TPSA) is 77.3 Å². The molecule has 0 radical (unpaired) electrons. The SMILES string of the molecule is CS(=O)(=O)N1C[C@@H]2[C@@H](C1)OCc1c(-c3ccccc3)nnn12. The number of fused-ring (bicyclic) bond motifs is 3. The van der Waals surface area contributed by atoms with E-state index in [4.69, 9.17) is 4.74 Å². The van der Waals surface area contributed by atoms with Gasteiger partial charge in [0.15, 0.2) is 0 Å². The Kier molecular flexibility index (Phi) is 3.07. The molecule has 0 spiro atoms. The van der Waals surface area contributed by atoms with Crippen LogP contribution in [-0.2, 0) is 21.4 Å². The molecular formula is C14H16N4O3S. The maximum Gasteiger partial charge on any atom is 0.211 e. The van der Waals surface area contributed by atoms with Crippen molar-refractivity contribution in [2.24, 2.45) is 0 Å². The van der Waals surface area contributed by atoms with Crippen molar-refractivity contribution in [3.05, 3.63) is 36.0 Å². The lowest BCUT2D eigenvalue weighted by Crippen LogP contribution is -2.32. The van der Waals surface area contributed by atoms with Gasteiger partial charge in [-0.3, -0.25) is 0 Å². The summed E-state index contributed by atoms with van der Waals surface area (Å²) in [7, 11) is -3.22. The standard InChI is InChI=1S/C14H16N4O3S/c1-22(19,20)17-7-11-13(8-17)21-9-12-14(15-16-18(11)12)10-5-3-2-4-6-10/h2-6,11,13H,7-9H2,1H3/t11-,13-/m1/s1. The summed E-state index contributed by atoms with van der Waals surface area (Å²) in [6.07, 6.45) is 1.06. The average molecular weight is 320 g/mol. The van der Waals surface area contributed by atoms with Crippen molar-refractivity contribution in [2.45, 2.75) is 18.8 Å². The molecule has 22 heavy (non-hydrogen) atoms. The van der Waals surface area contributed by atoms with Gasteiger partial charge < -0.3 is 4.74 Å². The molecular weight excluding hydrogens is 304 g/mol. The van der Waals surface area contributed by atoms with Gasteiger partial charge in [-0.2, -0.15) is 4.31 Å². The number of ether oxygens (including phenoxy) is 1. The highest BCUT2D eigenvalue weighted by Gasteiger charge is 2.43. The first-order valence-corrected chi connectivity index (χ1v) is 8.95. The Morgan fingerprint density at radius 1 is 1.23 bits per heavy atom. The van der Waals surface area contributed by atoms with Crippen LogP contribution in [0.2, 0.25) is 0 Å². The van der Waals surface area contributed by atoms with Crippen molar-refractivity contribution in [1.82, 2.24) is 19.3 Å². The predicted molar refractivity (Wildman–Crippen MR) is 79.5 cm³/mol. The van der Waals surface area contributed by atoms with Crippen molar-refractivity contribution >= 4 is 10.0 Å². The average Bonchev–Trinajstić information content (AvgIpc) is 3.11. The minimum Gasteiger partial charge on any atom is -0.368 e. The summed E-state index contributed by atoms with van der Waals surface area (Å²) in [5.41, 5.74) is 2.70. The second kappa shape index (κ2) is 4.87. The second-order valence-corrected chi connectivity index (χ2v) is 7.67. The van der Waals surface area contributed by atoms with Crippen LogP contribution in [0.3, 0.4) is 0 Å². The molecule has 1 aromatic heterocycles. The Morgan fingerprint density at radius 3 is 2.73 bits per heavy atom. The van der Waals surface area contributed by atoms with Crippen molar-refractivity contribution in [3.63, 3.8) is 0 Å². The monoisotopic (exact) mass is 320 g/mol. The number of benzene rings is 1. The third-order valence-electron chi connectivity index (χ3n) is 4.26. The van der Waals surface area contributed by atoms with Gasteiger partial charge in [-0.15, -0.1) is 5.10 Å². The van der Waals surface area contributed by atoms with Crippen LogP contribution < -0.4 is 0 Å². The summed E-state index contributed by atoms with van der Waals surface area (Å²) < 4.78 is 32.6. The first kappa shape index (κ1) is 13.9. The van der Waals surface area contributed by atoms with E-state index in [1.807, 2.05) is 35.0 Å². The summed E-state index contributed by atoms with van der Waals surface area (Å²) in [5, 5.41) is 8.54. The Balaban J connectivity index is 1.71. The summed E-state index contributed by atoms with van der Waals surface area (Å²) in [6, 6.07) is 9.71. The van der Waals surface area contributed by atoms with E-state index in [9.17, 15) is 8.42 Å². The molecule has 2 atom stereocenters. The van der Waals surface area contributed by atoms with E-state index in [1.165, 1.54) is 10.6 Å². The quantitative estimate of drug-likeness (QED) is 0.812. The predicted octanol–water partition coefficient (Wildman–Crippen LogP) is 0.660. The number of aromatic nitrogens is 3. The van der Waals surface area contributed by atoms with E-state index in [0.29, 0.717) is 19.7 Å². The van der Waals surface area contributed by atoms with Crippen LogP contribution in [0.15, 0.2) is 30.3 Å². The van der Waals surface area contributed by atoms with Gasteiger partial charge in [0.25, 0.3) is 0 Å². The Hall–Kier alpha value is -1.77. The lowest BCUT2D eigenvalue weighted by molar-refractivity contribution is -0.00361. The summed E-state index contributed by atoms with van der Waals surface area (Å²) in [6.45, 7) is 1.16. The molecule has 7 nitrogen and oxygen atoms in total. The first-order valence-electron chi connectivity index (χ1n) is 7.10. The Morgan fingerprint density at radius 2 is 2.00 bits per heavy atom. The molecule has 2 aliphatic heterocycles. The molecule has 0 aliphatic carbocycles. The smallest absolute Gasteiger partial charge is 0.211 e. The molecule has 0 amide bonds. The normalized spacial score (nSPS) is 25.0. The fraction of sp³-hybridized carbons (Fsp3) is 0.429. The van der Waals surface area contributed by atoms with E-state index < -0.39 is 10.0 Å². The van der Waals surface area contributed by atoms with Gasteiger partial charge >= 0.3 is 0 Å². The number of hydrogen-bond acceptors (Lipinski definition) is 5. The molecule has 0 bridgehead atoms. The molecule has 0 saturated carbocycles. The van der Waals surface area contributed by atoms with Gasteiger partial charge in [0.1, 0.15) is 5.69 Å². The highest BCUT2D eigenvalue weighted by atomic mass is 32.2. The Labute approximate surface area is 128 Å². The lowest BCUT2D eigenvalue weighted by Gasteiger charge is -2.26. The van der Waals surface area contributed by atoms with Crippen LogP contribution >= 0.6 is 0 Å². The van der Waals surface area contributed by atoms with Crippen molar-refractivity contribution < 1.29 is 13.2 Å². The molecule has 0 N–H and O–H groups in total. The number of sulfonamides is 1. The molecule has 2 aromatic rings. The number of rotatable bonds is 2. The lowest BCUT2D eigenvalue weighted by atomic mass is 10.1. The third-order valence-corrected chi connectivity index (χ3v) is 5.50. The van der Waals surface area contributed by atoms with E-state index in [-0.39, 0.29) is 12.1 Å². The van der Waals surface area contributed by atoms with Gasteiger partial charge in [-0.1, -0.05) is 35.5 Å². The molecule has 0 unspecified atom stereocenters. The van der Waals surface area contributed by atoms with Crippen LogP contribution in [0.25, 0.3) is 11.3 Å². The summed E-state index contributed by atoms with van der Waals surface area (Å²) in [5.74, 6) is 0.